The summed E-state index contributed by atoms with van der Waals surface area (Å²) in [6.07, 6.45) is 13.7. The Labute approximate surface area is 184 Å². The summed E-state index contributed by atoms with van der Waals surface area (Å²) in [7, 11) is 9.87. The number of fused-ring (bicyclic) bond motifs is 1. The molecule has 0 nitrogen and oxygen atoms in total. The van der Waals surface area contributed by atoms with Gasteiger partial charge in [0.25, 0.3) is 0 Å². The van der Waals surface area contributed by atoms with Crippen LogP contribution in [0.1, 0.15) is 69.1 Å². The van der Waals surface area contributed by atoms with Gasteiger partial charge in [-0.3, -0.25) is 0 Å². The fourth-order valence-electron chi connectivity index (χ4n) is 3.59. The molecule has 2 aromatic carbocycles. The van der Waals surface area contributed by atoms with Crippen molar-refractivity contribution in [2.45, 2.75) is 58.8 Å². The molecule has 0 saturated heterocycles. The molecule has 1 aliphatic carbocycles. The van der Waals surface area contributed by atoms with Crippen LogP contribution in [-0.2, 0) is 27.3 Å². The summed E-state index contributed by atoms with van der Waals surface area (Å²) in [6.45, 7) is 4.52. The van der Waals surface area contributed by atoms with Crippen LogP contribution in [0.2, 0.25) is 0 Å². The van der Waals surface area contributed by atoms with Gasteiger partial charge in [0.05, 0.1) is 0 Å². The van der Waals surface area contributed by atoms with E-state index in [4.69, 9.17) is 17.0 Å². The second-order valence-electron chi connectivity index (χ2n) is 7.00. The topological polar surface area (TPSA) is 0 Å². The van der Waals surface area contributed by atoms with Crippen molar-refractivity contribution in [2.75, 3.05) is 0 Å². The molecular weight excluding hydrogens is 450 g/mol. The van der Waals surface area contributed by atoms with E-state index in [-0.39, 0.29) is 0 Å². The predicted molar refractivity (Wildman–Crippen MR) is 118 cm³/mol. The summed E-state index contributed by atoms with van der Waals surface area (Å²) < 4.78 is 0. The minimum absolute atomic E-state index is 0.826. The first kappa shape index (κ1) is 22.9. The van der Waals surface area contributed by atoms with Gasteiger partial charge < -0.3 is 0 Å². The summed E-state index contributed by atoms with van der Waals surface area (Å²) in [6, 6.07) is 15.9. The van der Waals surface area contributed by atoms with E-state index < -0.39 is 20.8 Å². The molecule has 0 unspecified atom stereocenters. The molecule has 143 valence electrons. The second kappa shape index (κ2) is 13.0. The van der Waals surface area contributed by atoms with Gasteiger partial charge in [0.2, 0.25) is 0 Å². The van der Waals surface area contributed by atoms with Crippen molar-refractivity contribution in [3.63, 3.8) is 0 Å². The average molecular weight is 480 g/mol. The average Bonchev–Trinajstić information content (AvgIpc) is 3.09. The van der Waals surface area contributed by atoms with Crippen molar-refractivity contribution in [3.8, 4) is 11.1 Å². The standard InChI is InChI=1S/C24H29.2ClH.Zr/c1-3-5-6-7-10-19-13-15-21(16-14-19)23-12-8-11-22-17-20(9-4-2)18-24(22)23;;;/h8,11-18H,3-7,9-10H2,1-2H3;2*1H;/q;;;+2/p-2. The number of unbranched alkanes of at least 4 members (excludes halogenated alkanes) is 3. The van der Waals surface area contributed by atoms with Gasteiger partial charge in [-0.25, -0.2) is 0 Å². The third-order valence-corrected chi connectivity index (χ3v) is 4.93. The van der Waals surface area contributed by atoms with Gasteiger partial charge in [-0.2, -0.15) is 0 Å². The first-order valence-electron chi connectivity index (χ1n) is 9.97. The Bertz CT molecular complexity index is 720. The van der Waals surface area contributed by atoms with Crippen molar-refractivity contribution in [1.29, 1.82) is 0 Å². The van der Waals surface area contributed by atoms with Crippen LogP contribution in [0.5, 0.6) is 0 Å². The zero-order valence-corrected chi connectivity index (χ0v) is 20.4. The van der Waals surface area contributed by atoms with Crippen molar-refractivity contribution < 1.29 is 20.8 Å². The third kappa shape index (κ3) is 7.19. The van der Waals surface area contributed by atoms with Crippen LogP contribution in [0.15, 0.2) is 48.0 Å². The molecule has 0 N–H and O–H groups in total. The second-order valence-corrected chi connectivity index (χ2v) is 10.7. The molecule has 0 fully saturated rings. The van der Waals surface area contributed by atoms with Crippen molar-refractivity contribution in [3.05, 3.63) is 71.1 Å². The molecule has 3 rings (SSSR count). The number of hydrogen-bond donors (Lipinski definition) is 0. The van der Waals surface area contributed by atoms with Gasteiger partial charge in [-0.05, 0) is 47.1 Å². The Morgan fingerprint density at radius 3 is 2.22 bits per heavy atom. The van der Waals surface area contributed by atoms with Gasteiger partial charge in [-0.1, -0.05) is 93.6 Å². The van der Waals surface area contributed by atoms with E-state index in [2.05, 4.69) is 68.8 Å². The number of benzene rings is 2. The van der Waals surface area contributed by atoms with Gasteiger partial charge >= 0.3 is 37.9 Å². The molecule has 2 aromatic rings. The molecule has 0 saturated carbocycles. The van der Waals surface area contributed by atoms with Gasteiger partial charge in [0.1, 0.15) is 0 Å². The van der Waals surface area contributed by atoms with Gasteiger partial charge in [0, 0.05) is 6.42 Å². The molecule has 1 radical (unpaired) electrons. The molecular formula is C24H29Cl2Zr. The molecule has 0 atom stereocenters. The fraction of sp³-hybridized carbons (Fsp3) is 0.375. The first-order valence-corrected chi connectivity index (χ1v) is 16.3. The summed E-state index contributed by atoms with van der Waals surface area (Å²) in [5.41, 5.74) is 8.42. The number of halogens is 2. The number of hydrogen-bond acceptors (Lipinski definition) is 0. The predicted octanol–water partition coefficient (Wildman–Crippen LogP) is 8.60. The zero-order chi connectivity index (χ0) is 19.5. The Hall–Kier alpha value is -0.357. The SMILES string of the molecule is CCCCCCc1ccc(-c2cccc3c2C=C(CCC)[CH]3)cc1.[Cl][Zr][Cl]. The quantitative estimate of drug-likeness (QED) is 0.333. The van der Waals surface area contributed by atoms with Crippen molar-refractivity contribution >= 4 is 23.1 Å². The fourth-order valence-corrected chi connectivity index (χ4v) is 3.59. The molecule has 1 aliphatic rings. The van der Waals surface area contributed by atoms with E-state index >= 15 is 0 Å². The van der Waals surface area contributed by atoms with E-state index in [0.29, 0.717) is 0 Å². The maximum absolute atomic E-state index is 4.93. The van der Waals surface area contributed by atoms with E-state index in [0.717, 1.165) is 0 Å². The van der Waals surface area contributed by atoms with Crippen LogP contribution in [-0.4, -0.2) is 0 Å². The normalized spacial score (nSPS) is 12.1. The maximum atomic E-state index is 4.93. The Morgan fingerprint density at radius 2 is 1.56 bits per heavy atom. The van der Waals surface area contributed by atoms with Gasteiger partial charge in [-0.15, -0.1) is 0 Å². The summed E-state index contributed by atoms with van der Waals surface area (Å²) in [4.78, 5) is 0. The van der Waals surface area contributed by atoms with Crippen LogP contribution in [0.3, 0.4) is 0 Å². The van der Waals surface area contributed by atoms with Crippen LogP contribution < -0.4 is 0 Å². The first-order chi connectivity index (χ1) is 13.2. The zero-order valence-electron chi connectivity index (χ0n) is 16.4. The van der Waals surface area contributed by atoms with Crippen molar-refractivity contribution in [2.24, 2.45) is 0 Å². The van der Waals surface area contributed by atoms with Gasteiger partial charge in [0.15, 0.2) is 0 Å². The van der Waals surface area contributed by atoms with E-state index in [1.165, 1.54) is 78.3 Å². The molecule has 0 heterocycles. The third-order valence-electron chi connectivity index (χ3n) is 4.93. The molecule has 0 bridgehead atoms. The molecule has 3 heteroatoms. The molecule has 27 heavy (non-hydrogen) atoms. The molecule has 0 spiro atoms. The molecule has 0 aromatic heterocycles. The number of rotatable bonds is 8. The summed E-state index contributed by atoms with van der Waals surface area (Å²) in [5.74, 6) is 0. The van der Waals surface area contributed by atoms with Crippen LogP contribution in [0, 0.1) is 6.42 Å². The van der Waals surface area contributed by atoms with E-state index in [1.807, 2.05) is 0 Å². The Balaban J connectivity index is 0.000000817. The number of allylic oxidation sites excluding steroid dienone is 1. The van der Waals surface area contributed by atoms with Crippen LogP contribution in [0.4, 0.5) is 0 Å². The molecule has 0 amide bonds. The Morgan fingerprint density at radius 1 is 0.815 bits per heavy atom. The van der Waals surface area contributed by atoms with E-state index in [9.17, 15) is 0 Å². The molecule has 0 aliphatic heterocycles. The van der Waals surface area contributed by atoms with Crippen molar-refractivity contribution in [1.82, 2.24) is 0 Å². The minimum atomic E-state index is -0.826. The van der Waals surface area contributed by atoms with Crippen LogP contribution in [0.25, 0.3) is 17.2 Å². The summed E-state index contributed by atoms with van der Waals surface area (Å²) >= 11 is -0.826. The van der Waals surface area contributed by atoms with E-state index in [1.54, 1.807) is 0 Å². The monoisotopic (exact) mass is 477 g/mol. The summed E-state index contributed by atoms with van der Waals surface area (Å²) in [5, 5.41) is 0. The Kier molecular flexibility index (Phi) is 11.0. The van der Waals surface area contributed by atoms with Crippen LogP contribution >= 0.6 is 17.0 Å². The number of aryl methyl sites for hydroxylation is 1.